The maximum absolute atomic E-state index is 11.7. The van der Waals surface area contributed by atoms with Gasteiger partial charge in [0.1, 0.15) is 0 Å². The quantitative estimate of drug-likeness (QED) is 0.627. The van der Waals surface area contributed by atoms with Crippen LogP contribution in [-0.2, 0) is 9.53 Å². The molecule has 1 atom stereocenters. The van der Waals surface area contributed by atoms with E-state index in [9.17, 15) is 9.90 Å². The minimum Gasteiger partial charge on any atom is -0.358 e. The number of hydrogen-bond donors (Lipinski definition) is 2. The lowest BCUT2D eigenvalue weighted by Gasteiger charge is -2.26. The van der Waals surface area contributed by atoms with E-state index < -0.39 is 5.79 Å². The third-order valence-electron chi connectivity index (χ3n) is 2.52. The minimum absolute atomic E-state index is 0.256. The zero-order valence-corrected chi connectivity index (χ0v) is 9.58. The van der Waals surface area contributed by atoms with E-state index in [1.807, 2.05) is 6.92 Å². The molecule has 0 radical (unpaired) electrons. The van der Waals surface area contributed by atoms with Crippen molar-refractivity contribution in [2.75, 3.05) is 6.61 Å². The lowest BCUT2D eigenvalue weighted by Crippen LogP contribution is -2.49. The lowest BCUT2D eigenvalue weighted by atomic mass is 10.1. The second-order valence-electron chi connectivity index (χ2n) is 4.07. The number of nitrogens with one attached hydrogen (secondary N) is 1. The second-order valence-corrected chi connectivity index (χ2v) is 4.07. The first-order valence-electron chi connectivity index (χ1n) is 5.79. The molecule has 88 valence electrons. The summed E-state index contributed by atoms with van der Waals surface area (Å²) in [6, 6.07) is 0.256. The fraction of sp³-hybridized carbons (Fsp3) is 0.909. The van der Waals surface area contributed by atoms with E-state index in [0.717, 1.165) is 25.7 Å². The Morgan fingerprint density at radius 1 is 1.53 bits per heavy atom. The van der Waals surface area contributed by atoms with Crippen molar-refractivity contribution in [2.24, 2.45) is 0 Å². The average Bonchev–Trinajstić information content (AvgIpc) is 2.99. The van der Waals surface area contributed by atoms with Gasteiger partial charge in [-0.1, -0.05) is 13.3 Å². The Morgan fingerprint density at radius 3 is 2.67 bits per heavy atom. The predicted molar refractivity (Wildman–Crippen MR) is 57.3 cm³/mol. The maximum Gasteiger partial charge on any atom is 0.280 e. The van der Waals surface area contributed by atoms with Crippen LogP contribution in [0.2, 0.25) is 0 Å². The van der Waals surface area contributed by atoms with E-state index in [4.69, 9.17) is 4.74 Å². The summed E-state index contributed by atoms with van der Waals surface area (Å²) in [4.78, 5) is 11.7. The smallest absolute Gasteiger partial charge is 0.280 e. The van der Waals surface area contributed by atoms with Crippen LogP contribution in [0.4, 0.5) is 0 Å². The molecule has 0 aliphatic heterocycles. The Hall–Kier alpha value is -0.610. The van der Waals surface area contributed by atoms with Crippen LogP contribution >= 0.6 is 0 Å². The summed E-state index contributed by atoms with van der Waals surface area (Å²) in [6.45, 7) is 4.14. The minimum atomic E-state index is -1.62. The van der Waals surface area contributed by atoms with Crippen molar-refractivity contribution in [1.29, 1.82) is 0 Å². The summed E-state index contributed by atoms with van der Waals surface area (Å²) in [5.41, 5.74) is 0. The molecule has 1 rings (SSSR count). The van der Waals surface area contributed by atoms with Crippen LogP contribution in [0, 0.1) is 0 Å². The average molecular weight is 215 g/mol. The van der Waals surface area contributed by atoms with Gasteiger partial charge in [0.25, 0.3) is 5.91 Å². The van der Waals surface area contributed by atoms with Crippen molar-refractivity contribution in [3.05, 3.63) is 0 Å². The number of carbonyl (C=O) groups excluding carboxylic acids is 1. The molecule has 1 unspecified atom stereocenters. The third-order valence-corrected chi connectivity index (χ3v) is 2.52. The zero-order valence-electron chi connectivity index (χ0n) is 9.58. The summed E-state index contributed by atoms with van der Waals surface area (Å²) in [5.74, 6) is -1.99. The van der Waals surface area contributed by atoms with Gasteiger partial charge < -0.3 is 15.2 Å². The molecule has 1 fully saturated rings. The van der Waals surface area contributed by atoms with Gasteiger partial charge in [0.05, 0.1) is 0 Å². The standard InChI is InChI=1S/C11H21NO3/c1-3-5-8-11(14,15-4-2)10(13)12-9-6-7-9/h9,14H,3-8H2,1-2H3,(H,12,13). The van der Waals surface area contributed by atoms with Crippen molar-refractivity contribution < 1.29 is 14.6 Å². The van der Waals surface area contributed by atoms with Crippen LogP contribution < -0.4 is 5.32 Å². The van der Waals surface area contributed by atoms with Crippen LogP contribution in [0.1, 0.15) is 46.0 Å². The summed E-state index contributed by atoms with van der Waals surface area (Å²) in [7, 11) is 0. The molecule has 4 heteroatoms. The highest BCUT2D eigenvalue weighted by atomic mass is 16.6. The highest BCUT2D eigenvalue weighted by Gasteiger charge is 2.38. The normalized spacial score (nSPS) is 19.7. The van der Waals surface area contributed by atoms with Gasteiger partial charge in [-0.25, -0.2) is 0 Å². The molecule has 1 saturated carbocycles. The van der Waals surface area contributed by atoms with Crippen LogP contribution in [-0.4, -0.2) is 29.4 Å². The van der Waals surface area contributed by atoms with E-state index in [0.29, 0.717) is 13.0 Å². The predicted octanol–water partition coefficient (Wildman–Crippen LogP) is 1.18. The highest BCUT2D eigenvalue weighted by molar-refractivity contribution is 5.83. The molecule has 0 saturated heterocycles. The molecule has 2 N–H and O–H groups in total. The van der Waals surface area contributed by atoms with Gasteiger partial charge >= 0.3 is 0 Å². The first-order chi connectivity index (χ1) is 7.12. The van der Waals surface area contributed by atoms with Gasteiger partial charge in [-0.15, -0.1) is 0 Å². The van der Waals surface area contributed by atoms with Crippen molar-refractivity contribution in [2.45, 2.75) is 57.8 Å². The van der Waals surface area contributed by atoms with Crippen LogP contribution in [0.25, 0.3) is 0 Å². The van der Waals surface area contributed by atoms with Gasteiger partial charge in [0.15, 0.2) is 0 Å². The molecule has 0 aromatic heterocycles. The summed E-state index contributed by atoms with van der Waals surface area (Å²) < 4.78 is 5.17. The first kappa shape index (κ1) is 12.5. The van der Waals surface area contributed by atoms with Crippen molar-refractivity contribution in [1.82, 2.24) is 5.32 Å². The molecule has 1 aliphatic rings. The molecule has 0 heterocycles. The molecule has 1 aliphatic carbocycles. The molecule has 0 bridgehead atoms. The first-order valence-corrected chi connectivity index (χ1v) is 5.79. The Bertz CT molecular complexity index is 216. The van der Waals surface area contributed by atoms with E-state index in [2.05, 4.69) is 5.32 Å². The number of rotatable bonds is 7. The van der Waals surface area contributed by atoms with Crippen molar-refractivity contribution >= 4 is 5.91 Å². The SMILES string of the molecule is CCCCC(O)(OCC)C(=O)NC1CC1. The monoisotopic (exact) mass is 215 g/mol. The summed E-state index contributed by atoms with van der Waals surface area (Å²) >= 11 is 0. The Balaban J connectivity index is 2.47. The van der Waals surface area contributed by atoms with E-state index in [-0.39, 0.29) is 11.9 Å². The fourth-order valence-corrected chi connectivity index (χ4v) is 1.43. The molecule has 0 spiro atoms. The van der Waals surface area contributed by atoms with Gasteiger partial charge in [-0.2, -0.15) is 0 Å². The second kappa shape index (κ2) is 5.47. The van der Waals surface area contributed by atoms with Gasteiger partial charge in [-0.3, -0.25) is 4.79 Å². The molecule has 1 amide bonds. The number of hydrogen-bond acceptors (Lipinski definition) is 3. The summed E-state index contributed by atoms with van der Waals surface area (Å²) in [6.07, 6.45) is 4.13. The lowest BCUT2D eigenvalue weighted by molar-refractivity contribution is -0.209. The zero-order chi connectivity index (χ0) is 11.3. The number of amides is 1. The van der Waals surface area contributed by atoms with Crippen LogP contribution in [0.15, 0.2) is 0 Å². The van der Waals surface area contributed by atoms with E-state index in [1.54, 1.807) is 6.92 Å². The number of aliphatic hydroxyl groups is 1. The molecule has 15 heavy (non-hydrogen) atoms. The number of ether oxygens (including phenoxy) is 1. The largest absolute Gasteiger partial charge is 0.358 e. The van der Waals surface area contributed by atoms with E-state index in [1.165, 1.54) is 0 Å². The molecule has 0 aromatic carbocycles. The van der Waals surface area contributed by atoms with Gasteiger partial charge in [0, 0.05) is 19.1 Å². The van der Waals surface area contributed by atoms with Crippen molar-refractivity contribution in [3.63, 3.8) is 0 Å². The van der Waals surface area contributed by atoms with Crippen molar-refractivity contribution in [3.8, 4) is 0 Å². The molecule has 0 aromatic rings. The van der Waals surface area contributed by atoms with Crippen LogP contribution in [0.3, 0.4) is 0 Å². The number of carbonyl (C=O) groups is 1. The topological polar surface area (TPSA) is 58.6 Å². The Labute approximate surface area is 91.0 Å². The highest BCUT2D eigenvalue weighted by Crippen LogP contribution is 2.22. The van der Waals surface area contributed by atoms with Gasteiger partial charge in [-0.05, 0) is 26.2 Å². The molecule has 4 nitrogen and oxygen atoms in total. The summed E-state index contributed by atoms with van der Waals surface area (Å²) in [5, 5.41) is 12.8. The third kappa shape index (κ3) is 3.80. The Morgan fingerprint density at radius 2 is 2.20 bits per heavy atom. The number of unbranched alkanes of at least 4 members (excludes halogenated alkanes) is 1. The maximum atomic E-state index is 11.7. The van der Waals surface area contributed by atoms with Crippen LogP contribution in [0.5, 0.6) is 0 Å². The Kier molecular flexibility index (Phi) is 4.54. The van der Waals surface area contributed by atoms with Gasteiger partial charge in [0.2, 0.25) is 5.79 Å². The molecular formula is C11H21NO3. The van der Waals surface area contributed by atoms with E-state index >= 15 is 0 Å². The fourth-order valence-electron chi connectivity index (χ4n) is 1.43. The molecular weight excluding hydrogens is 194 g/mol.